The average molecular weight is 342 g/mol. The second-order valence-corrected chi connectivity index (χ2v) is 5.02. The molecule has 9 heteroatoms. The van der Waals surface area contributed by atoms with E-state index in [-0.39, 0.29) is 23.5 Å². The zero-order valence-electron chi connectivity index (χ0n) is 12.9. The number of hydrogen-bond acceptors (Lipinski definition) is 5. The third-order valence-electron chi connectivity index (χ3n) is 3.35. The maximum absolute atomic E-state index is 13.6. The summed E-state index contributed by atoms with van der Waals surface area (Å²) in [5, 5.41) is 4.02. The van der Waals surface area contributed by atoms with Crippen LogP contribution in [0.1, 0.15) is 5.69 Å². The van der Waals surface area contributed by atoms with Crippen molar-refractivity contribution >= 4 is 5.65 Å². The number of rotatable bonds is 5. The fourth-order valence-electron chi connectivity index (χ4n) is 2.20. The van der Waals surface area contributed by atoms with Crippen LogP contribution in [0.2, 0.25) is 0 Å². The minimum Gasteiger partial charge on any atom is -0.303 e. The van der Waals surface area contributed by atoms with Gasteiger partial charge >= 0.3 is 0 Å². The van der Waals surface area contributed by atoms with Crippen LogP contribution in [0.5, 0.6) is 0 Å². The largest absolute Gasteiger partial charge is 0.303 e. The Morgan fingerprint density at radius 3 is 2.88 bits per heavy atom. The van der Waals surface area contributed by atoms with E-state index in [9.17, 15) is 13.6 Å². The molecule has 0 saturated heterocycles. The standard InChI is InChI=1S/C16H12F2N6O/c1-3-4-10(9(2)17)5-12-15-20-8-21-24(15)7-13(22-12)14-19-6-11(18)16(25)23-14/h3-4,6-8H,1-2,5H2,(H,19,23,25)/b10-4-. The molecule has 0 unspecified atom stereocenters. The van der Waals surface area contributed by atoms with E-state index in [0.29, 0.717) is 11.3 Å². The van der Waals surface area contributed by atoms with Crippen LogP contribution in [0, 0.1) is 5.82 Å². The molecule has 0 atom stereocenters. The van der Waals surface area contributed by atoms with Crippen molar-refractivity contribution in [2.24, 2.45) is 0 Å². The lowest BCUT2D eigenvalue weighted by atomic mass is 10.1. The Morgan fingerprint density at radius 1 is 1.40 bits per heavy atom. The first-order valence-corrected chi connectivity index (χ1v) is 7.10. The van der Waals surface area contributed by atoms with Gasteiger partial charge in [0.2, 0.25) is 5.82 Å². The molecule has 0 aliphatic carbocycles. The molecular formula is C16H12F2N6O. The van der Waals surface area contributed by atoms with E-state index >= 15 is 0 Å². The molecule has 1 N–H and O–H groups in total. The number of H-pyrrole nitrogens is 1. The van der Waals surface area contributed by atoms with Gasteiger partial charge in [0.05, 0.1) is 18.1 Å². The van der Waals surface area contributed by atoms with E-state index < -0.39 is 17.2 Å². The summed E-state index contributed by atoms with van der Waals surface area (Å²) in [5.74, 6) is -1.58. The monoisotopic (exact) mass is 342 g/mol. The minimum absolute atomic E-state index is 0.0541. The van der Waals surface area contributed by atoms with Crippen LogP contribution in [0.4, 0.5) is 8.78 Å². The van der Waals surface area contributed by atoms with Crippen molar-refractivity contribution in [3.8, 4) is 11.5 Å². The summed E-state index contributed by atoms with van der Waals surface area (Å²) in [6, 6.07) is 0. The number of hydrogen-bond donors (Lipinski definition) is 1. The quantitative estimate of drug-likeness (QED) is 0.718. The molecule has 0 saturated carbocycles. The van der Waals surface area contributed by atoms with Gasteiger partial charge in [-0.05, 0) is 5.57 Å². The summed E-state index contributed by atoms with van der Waals surface area (Å²) in [6.07, 6.45) is 6.57. The molecule has 0 spiro atoms. The number of allylic oxidation sites excluding steroid dienone is 4. The third-order valence-corrected chi connectivity index (χ3v) is 3.35. The highest BCUT2D eigenvalue weighted by molar-refractivity contribution is 5.54. The maximum Gasteiger partial charge on any atom is 0.287 e. The van der Waals surface area contributed by atoms with Crippen molar-refractivity contribution in [2.75, 3.05) is 0 Å². The fourth-order valence-corrected chi connectivity index (χ4v) is 2.20. The van der Waals surface area contributed by atoms with Crippen molar-refractivity contribution in [1.82, 2.24) is 29.5 Å². The van der Waals surface area contributed by atoms with Gasteiger partial charge in [-0.15, -0.1) is 0 Å². The Balaban J connectivity index is 2.15. The summed E-state index contributed by atoms with van der Waals surface area (Å²) in [4.78, 5) is 26.0. The van der Waals surface area contributed by atoms with Gasteiger partial charge in [0.25, 0.3) is 5.56 Å². The van der Waals surface area contributed by atoms with Crippen molar-refractivity contribution in [1.29, 1.82) is 0 Å². The highest BCUT2D eigenvalue weighted by Crippen LogP contribution is 2.20. The Kier molecular flexibility index (Phi) is 4.29. The summed E-state index contributed by atoms with van der Waals surface area (Å²) < 4.78 is 28.1. The van der Waals surface area contributed by atoms with Crippen molar-refractivity contribution < 1.29 is 8.78 Å². The Labute approximate surface area is 140 Å². The van der Waals surface area contributed by atoms with Crippen LogP contribution in [0.3, 0.4) is 0 Å². The lowest BCUT2D eigenvalue weighted by Crippen LogP contribution is -2.13. The Morgan fingerprint density at radius 2 is 2.20 bits per heavy atom. The number of nitrogens with one attached hydrogen (secondary N) is 1. The predicted octanol–water partition coefficient (Wildman–Crippen LogP) is 2.15. The molecular weight excluding hydrogens is 330 g/mol. The lowest BCUT2D eigenvalue weighted by Gasteiger charge is -2.08. The smallest absolute Gasteiger partial charge is 0.287 e. The summed E-state index contributed by atoms with van der Waals surface area (Å²) in [5.41, 5.74) is 0.368. The molecule has 25 heavy (non-hydrogen) atoms. The maximum atomic E-state index is 13.6. The number of nitrogens with zero attached hydrogens (tertiary/aromatic N) is 5. The number of aromatic amines is 1. The van der Waals surface area contributed by atoms with Crippen molar-refractivity contribution in [3.05, 3.63) is 77.3 Å². The molecule has 3 aromatic heterocycles. The normalized spacial score (nSPS) is 11.7. The van der Waals surface area contributed by atoms with E-state index in [2.05, 4.69) is 38.2 Å². The number of halogens is 2. The van der Waals surface area contributed by atoms with Crippen LogP contribution in [-0.4, -0.2) is 29.5 Å². The predicted molar refractivity (Wildman–Crippen MR) is 86.8 cm³/mol. The van der Waals surface area contributed by atoms with Gasteiger partial charge in [-0.1, -0.05) is 25.3 Å². The molecule has 126 valence electrons. The van der Waals surface area contributed by atoms with Crippen molar-refractivity contribution in [2.45, 2.75) is 6.42 Å². The van der Waals surface area contributed by atoms with Crippen LogP contribution < -0.4 is 5.56 Å². The molecule has 0 aromatic carbocycles. The summed E-state index contributed by atoms with van der Waals surface area (Å²) in [6.45, 7) is 6.82. The first-order valence-electron chi connectivity index (χ1n) is 7.10. The van der Waals surface area contributed by atoms with Gasteiger partial charge in [0.15, 0.2) is 11.5 Å². The molecule has 0 aliphatic heterocycles. The van der Waals surface area contributed by atoms with E-state index in [0.717, 1.165) is 6.20 Å². The number of fused-ring (bicyclic) bond motifs is 1. The second kappa shape index (κ2) is 6.56. The third kappa shape index (κ3) is 3.25. The van der Waals surface area contributed by atoms with Crippen LogP contribution in [-0.2, 0) is 6.42 Å². The second-order valence-electron chi connectivity index (χ2n) is 5.02. The van der Waals surface area contributed by atoms with Gasteiger partial charge in [0.1, 0.15) is 17.8 Å². The molecule has 0 fully saturated rings. The average Bonchev–Trinajstić information content (AvgIpc) is 3.05. The Hall–Kier alpha value is -3.49. The van der Waals surface area contributed by atoms with Crippen molar-refractivity contribution in [3.63, 3.8) is 0 Å². The minimum atomic E-state index is -1.00. The first-order chi connectivity index (χ1) is 12.0. The summed E-state index contributed by atoms with van der Waals surface area (Å²) >= 11 is 0. The lowest BCUT2D eigenvalue weighted by molar-refractivity contribution is 0.601. The highest BCUT2D eigenvalue weighted by atomic mass is 19.1. The molecule has 3 heterocycles. The molecule has 3 aromatic rings. The van der Waals surface area contributed by atoms with Crippen LogP contribution in [0.25, 0.3) is 17.2 Å². The number of aromatic nitrogens is 6. The van der Waals surface area contributed by atoms with E-state index in [4.69, 9.17) is 0 Å². The van der Waals surface area contributed by atoms with Crippen LogP contribution >= 0.6 is 0 Å². The summed E-state index contributed by atoms with van der Waals surface area (Å²) in [7, 11) is 0. The molecule has 7 nitrogen and oxygen atoms in total. The molecule has 0 radical (unpaired) electrons. The Bertz CT molecular complexity index is 1070. The van der Waals surface area contributed by atoms with Gasteiger partial charge in [-0.25, -0.2) is 23.9 Å². The first kappa shape index (κ1) is 16.4. The van der Waals surface area contributed by atoms with Gasteiger partial charge < -0.3 is 4.98 Å². The molecule has 0 aliphatic rings. The van der Waals surface area contributed by atoms with Crippen LogP contribution in [0.15, 0.2) is 60.2 Å². The topological polar surface area (TPSA) is 88.8 Å². The fraction of sp³-hybridized carbons (Fsp3) is 0.0625. The molecule has 3 rings (SSSR count). The zero-order valence-corrected chi connectivity index (χ0v) is 12.9. The van der Waals surface area contributed by atoms with E-state index in [1.165, 1.54) is 29.2 Å². The molecule has 0 bridgehead atoms. The van der Waals surface area contributed by atoms with E-state index in [1.807, 2.05) is 0 Å². The van der Waals surface area contributed by atoms with E-state index in [1.54, 1.807) is 0 Å². The van der Waals surface area contributed by atoms with Gasteiger partial charge in [-0.3, -0.25) is 4.79 Å². The van der Waals surface area contributed by atoms with Gasteiger partial charge in [-0.2, -0.15) is 9.49 Å². The highest BCUT2D eigenvalue weighted by Gasteiger charge is 2.14. The van der Waals surface area contributed by atoms with Gasteiger partial charge in [0, 0.05) is 6.42 Å². The SMILES string of the molecule is C=C/C=C(/Cc1nc(-c2ncc(F)c(=O)[nH]2)cn2ncnc12)C(=C)F. The molecule has 0 amide bonds. The zero-order chi connectivity index (χ0) is 18.0.